The van der Waals surface area contributed by atoms with Gasteiger partial charge in [0.15, 0.2) is 0 Å². The van der Waals surface area contributed by atoms with Crippen molar-refractivity contribution in [1.82, 2.24) is 9.97 Å². The summed E-state index contributed by atoms with van der Waals surface area (Å²) in [6.45, 7) is 0. The Bertz CT molecular complexity index is 545. The Kier molecular flexibility index (Phi) is 3.43. The minimum atomic E-state index is -0.619. The Hall–Kier alpha value is -1.82. The lowest BCUT2D eigenvalue weighted by molar-refractivity contribution is 0.102. The van der Waals surface area contributed by atoms with Crippen LogP contribution in [0.1, 0.15) is 10.4 Å². The molecule has 1 N–H and O–H groups in total. The molecule has 0 bridgehead atoms. The van der Waals surface area contributed by atoms with Crippen LogP contribution in [-0.2, 0) is 0 Å². The number of nitrogens with zero attached hydrogens (tertiary/aromatic N) is 2. The zero-order valence-corrected chi connectivity index (χ0v) is 10.1. The van der Waals surface area contributed by atoms with Crippen LogP contribution in [0.2, 0.25) is 0 Å². The predicted molar refractivity (Wildman–Crippen MR) is 64.1 cm³/mol. The molecule has 2 rings (SSSR count). The molecule has 0 saturated carbocycles. The Morgan fingerprint density at radius 3 is 2.76 bits per heavy atom. The van der Waals surface area contributed by atoms with Crippen LogP contribution in [-0.4, -0.2) is 15.9 Å². The van der Waals surface area contributed by atoms with Gasteiger partial charge in [-0.2, -0.15) is 4.39 Å². The van der Waals surface area contributed by atoms with Gasteiger partial charge in [0.25, 0.3) is 5.91 Å². The number of halogens is 2. The van der Waals surface area contributed by atoms with Gasteiger partial charge < -0.3 is 5.32 Å². The predicted octanol–water partition coefficient (Wildman–Crippen LogP) is 2.63. The van der Waals surface area contributed by atoms with Crippen molar-refractivity contribution in [2.45, 2.75) is 0 Å². The zero-order valence-electron chi connectivity index (χ0n) is 8.52. The molecule has 0 radical (unpaired) electrons. The summed E-state index contributed by atoms with van der Waals surface area (Å²) in [5, 5.41) is 2.66. The van der Waals surface area contributed by atoms with Gasteiger partial charge in [0.1, 0.15) is 0 Å². The van der Waals surface area contributed by atoms with E-state index in [2.05, 4.69) is 31.2 Å². The van der Waals surface area contributed by atoms with Crippen LogP contribution >= 0.6 is 15.9 Å². The number of carbonyl (C=O) groups is 1. The van der Waals surface area contributed by atoms with E-state index in [0.717, 1.165) is 6.07 Å². The molecule has 0 atom stereocenters. The van der Waals surface area contributed by atoms with Crippen LogP contribution in [0.25, 0.3) is 0 Å². The highest BCUT2D eigenvalue weighted by molar-refractivity contribution is 9.10. The molecule has 4 nitrogen and oxygen atoms in total. The summed E-state index contributed by atoms with van der Waals surface area (Å²) < 4.78 is 13.3. The number of carbonyl (C=O) groups excluding carboxylic acids is 1. The number of pyridine rings is 2. The van der Waals surface area contributed by atoms with Crippen LogP contribution in [0.15, 0.2) is 41.3 Å². The molecule has 6 heteroatoms. The van der Waals surface area contributed by atoms with Crippen molar-refractivity contribution < 1.29 is 9.18 Å². The van der Waals surface area contributed by atoms with Gasteiger partial charge >= 0.3 is 0 Å². The van der Waals surface area contributed by atoms with Crippen LogP contribution in [0.3, 0.4) is 0 Å². The smallest absolute Gasteiger partial charge is 0.257 e. The molecule has 0 spiro atoms. The maximum atomic E-state index is 12.6. The standard InChI is InChI=1S/C11H7BrFN3O/c12-8-6-14-4-3-9(8)16-11(17)7-1-2-10(13)15-5-7/h1-6H,(H,14,16,17). The fourth-order valence-electron chi connectivity index (χ4n) is 1.18. The molecule has 0 saturated heterocycles. The summed E-state index contributed by atoms with van der Waals surface area (Å²) in [5.74, 6) is -0.976. The molecule has 2 aromatic heterocycles. The first kappa shape index (κ1) is 11.7. The van der Waals surface area contributed by atoms with Gasteiger partial charge in [0.05, 0.1) is 15.7 Å². The maximum absolute atomic E-state index is 12.6. The Balaban J connectivity index is 2.17. The van der Waals surface area contributed by atoms with E-state index in [1.807, 2.05) is 0 Å². The van der Waals surface area contributed by atoms with Crippen LogP contribution < -0.4 is 5.32 Å². The van der Waals surface area contributed by atoms with E-state index >= 15 is 0 Å². The molecule has 0 aliphatic heterocycles. The number of amides is 1. The van der Waals surface area contributed by atoms with Gasteiger partial charge in [-0.05, 0) is 34.1 Å². The Labute approximate surface area is 105 Å². The molecule has 17 heavy (non-hydrogen) atoms. The Morgan fingerprint density at radius 1 is 1.29 bits per heavy atom. The van der Waals surface area contributed by atoms with E-state index in [1.165, 1.54) is 12.3 Å². The summed E-state index contributed by atoms with van der Waals surface area (Å²) in [6.07, 6.45) is 4.31. The van der Waals surface area contributed by atoms with Gasteiger partial charge in [-0.15, -0.1) is 0 Å². The molecule has 0 fully saturated rings. The number of aromatic nitrogens is 2. The summed E-state index contributed by atoms with van der Waals surface area (Å²) in [4.78, 5) is 19.1. The highest BCUT2D eigenvalue weighted by Crippen LogP contribution is 2.20. The second kappa shape index (κ2) is 5.01. The molecule has 0 aliphatic rings. The van der Waals surface area contributed by atoms with Crippen molar-refractivity contribution in [3.8, 4) is 0 Å². The minimum absolute atomic E-state index is 0.287. The van der Waals surface area contributed by atoms with Crippen molar-refractivity contribution in [1.29, 1.82) is 0 Å². The molecule has 86 valence electrons. The zero-order chi connectivity index (χ0) is 12.3. The molecule has 0 aliphatic carbocycles. The molecule has 2 heterocycles. The summed E-state index contributed by atoms with van der Waals surface area (Å²) in [6, 6.07) is 4.15. The van der Waals surface area contributed by atoms with Crippen LogP contribution in [0.5, 0.6) is 0 Å². The fraction of sp³-hybridized carbons (Fsp3) is 0. The number of rotatable bonds is 2. The molecule has 0 aromatic carbocycles. The third-order valence-corrected chi connectivity index (χ3v) is 2.64. The average molecular weight is 296 g/mol. The monoisotopic (exact) mass is 295 g/mol. The maximum Gasteiger partial charge on any atom is 0.257 e. The van der Waals surface area contributed by atoms with Gasteiger partial charge in [0.2, 0.25) is 5.95 Å². The number of hydrogen-bond donors (Lipinski definition) is 1. The topological polar surface area (TPSA) is 54.9 Å². The highest BCUT2D eigenvalue weighted by atomic mass is 79.9. The second-order valence-corrected chi connectivity index (χ2v) is 4.03. The molecular weight excluding hydrogens is 289 g/mol. The minimum Gasteiger partial charge on any atom is -0.321 e. The summed E-state index contributed by atoms with van der Waals surface area (Å²) in [7, 11) is 0. The first-order valence-corrected chi connectivity index (χ1v) is 5.48. The normalized spacial score (nSPS) is 10.0. The first-order valence-electron chi connectivity index (χ1n) is 4.69. The van der Waals surface area contributed by atoms with Crippen molar-refractivity contribution >= 4 is 27.5 Å². The van der Waals surface area contributed by atoms with Crippen LogP contribution in [0, 0.1) is 5.95 Å². The van der Waals surface area contributed by atoms with Gasteiger partial charge in [-0.25, -0.2) is 4.98 Å². The molecule has 0 unspecified atom stereocenters. The van der Waals surface area contributed by atoms with Crippen molar-refractivity contribution in [3.05, 3.63) is 52.8 Å². The van der Waals surface area contributed by atoms with E-state index in [1.54, 1.807) is 18.5 Å². The highest BCUT2D eigenvalue weighted by Gasteiger charge is 2.08. The molecule has 2 aromatic rings. The van der Waals surface area contributed by atoms with Gasteiger partial charge in [-0.1, -0.05) is 0 Å². The quantitative estimate of drug-likeness (QED) is 0.867. The van der Waals surface area contributed by atoms with Crippen molar-refractivity contribution in [2.24, 2.45) is 0 Å². The van der Waals surface area contributed by atoms with Crippen molar-refractivity contribution in [2.75, 3.05) is 5.32 Å². The lowest BCUT2D eigenvalue weighted by atomic mass is 10.2. The van der Waals surface area contributed by atoms with E-state index in [0.29, 0.717) is 10.2 Å². The fourth-order valence-corrected chi connectivity index (χ4v) is 1.53. The largest absolute Gasteiger partial charge is 0.321 e. The average Bonchev–Trinajstić information content (AvgIpc) is 2.33. The van der Waals surface area contributed by atoms with Gasteiger partial charge in [0, 0.05) is 18.6 Å². The SMILES string of the molecule is O=C(Nc1ccncc1Br)c1ccc(F)nc1. The number of hydrogen-bond acceptors (Lipinski definition) is 3. The lowest BCUT2D eigenvalue weighted by Gasteiger charge is -2.06. The third-order valence-electron chi connectivity index (χ3n) is 2.01. The summed E-state index contributed by atoms with van der Waals surface area (Å²) >= 11 is 3.26. The summed E-state index contributed by atoms with van der Waals surface area (Å²) in [5.41, 5.74) is 0.879. The van der Waals surface area contributed by atoms with E-state index in [4.69, 9.17) is 0 Å². The van der Waals surface area contributed by atoms with E-state index < -0.39 is 5.95 Å². The Morgan fingerprint density at radius 2 is 2.12 bits per heavy atom. The first-order chi connectivity index (χ1) is 8.16. The van der Waals surface area contributed by atoms with E-state index in [-0.39, 0.29) is 11.5 Å². The number of nitrogens with one attached hydrogen (secondary N) is 1. The number of anilines is 1. The molecular formula is C11H7BrFN3O. The second-order valence-electron chi connectivity index (χ2n) is 3.18. The van der Waals surface area contributed by atoms with E-state index in [9.17, 15) is 9.18 Å². The molecule has 1 amide bonds. The van der Waals surface area contributed by atoms with Crippen LogP contribution in [0.4, 0.5) is 10.1 Å². The van der Waals surface area contributed by atoms with Gasteiger partial charge in [-0.3, -0.25) is 9.78 Å². The van der Waals surface area contributed by atoms with Crippen molar-refractivity contribution in [3.63, 3.8) is 0 Å². The lowest BCUT2D eigenvalue weighted by Crippen LogP contribution is -2.12. The third kappa shape index (κ3) is 2.85.